The molecule has 1 unspecified atom stereocenters. The van der Waals surface area contributed by atoms with Crippen LogP contribution in [0.25, 0.3) is 11.1 Å². The number of aromatic nitrogens is 2. The summed E-state index contributed by atoms with van der Waals surface area (Å²) in [6, 6.07) is 6.37. The van der Waals surface area contributed by atoms with E-state index < -0.39 is 0 Å². The van der Waals surface area contributed by atoms with Gasteiger partial charge in [0.1, 0.15) is 5.82 Å². The molecular weight excluding hydrogens is 333 g/mol. The number of hydrogen-bond acceptors (Lipinski definition) is 5. The molecule has 6 nitrogen and oxygen atoms in total. The van der Waals surface area contributed by atoms with E-state index >= 15 is 0 Å². The molecule has 0 bridgehead atoms. The molecule has 0 radical (unpaired) electrons. The third kappa shape index (κ3) is 4.16. The van der Waals surface area contributed by atoms with Crippen molar-refractivity contribution in [2.75, 3.05) is 39.5 Å². The lowest BCUT2D eigenvalue weighted by Crippen LogP contribution is -2.43. The number of benzene rings is 1. The first kappa shape index (κ1) is 18.3. The lowest BCUT2D eigenvalue weighted by atomic mass is 9.90. The van der Waals surface area contributed by atoms with Crippen LogP contribution in [0.3, 0.4) is 0 Å². The van der Waals surface area contributed by atoms with Gasteiger partial charge in [0.05, 0.1) is 12.2 Å². The Morgan fingerprint density at radius 2 is 2.23 bits per heavy atom. The van der Waals surface area contributed by atoms with Crippen molar-refractivity contribution in [2.24, 2.45) is 0 Å². The van der Waals surface area contributed by atoms with Crippen molar-refractivity contribution in [1.29, 1.82) is 0 Å². The summed E-state index contributed by atoms with van der Waals surface area (Å²) in [4.78, 5) is 24.7. The Balaban J connectivity index is 1.90. The van der Waals surface area contributed by atoms with E-state index in [1.807, 2.05) is 30.0 Å². The molecule has 1 aromatic heterocycles. The van der Waals surface area contributed by atoms with Gasteiger partial charge >= 0.3 is 0 Å². The van der Waals surface area contributed by atoms with Crippen LogP contribution in [0.1, 0.15) is 24.5 Å². The van der Waals surface area contributed by atoms with Gasteiger partial charge in [0.25, 0.3) is 0 Å². The highest BCUT2D eigenvalue weighted by Crippen LogP contribution is 2.33. The van der Waals surface area contributed by atoms with Crippen LogP contribution in [0.5, 0.6) is 0 Å². The fourth-order valence-electron chi connectivity index (χ4n) is 3.40. The van der Waals surface area contributed by atoms with Crippen LogP contribution < -0.4 is 5.73 Å². The summed E-state index contributed by atoms with van der Waals surface area (Å²) >= 11 is 0. The van der Waals surface area contributed by atoms with Crippen LogP contribution in [0.15, 0.2) is 30.5 Å². The number of nitrogens with two attached hydrogens (primary N) is 1. The Hall–Kier alpha value is -2.54. The summed E-state index contributed by atoms with van der Waals surface area (Å²) in [7, 11) is 3.76. The number of nitrogens with zero attached hydrogens (tertiary/aromatic N) is 4. The average molecular weight is 357 g/mol. The van der Waals surface area contributed by atoms with E-state index in [4.69, 9.17) is 5.73 Å². The first-order chi connectivity index (χ1) is 12.4. The molecule has 138 valence electrons. The van der Waals surface area contributed by atoms with Gasteiger partial charge in [0, 0.05) is 30.8 Å². The quantitative estimate of drug-likeness (QED) is 0.907. The third-order valence-electron chi connectivity index (χ3n) is 4.58. The second kappa shape index (κ2) is 7.78. The highest BCUT2D eigenvalue weighted by atomic mass is 19.1. The number of nitrogen functional groups attached to an aromatic ring is 1. The van der Waals surface area contributed by atoms with Gasteiger partial charge in [-0.05, 0) is 44.6 Å². The summed E-state index contributed by atoms with van der Waals surface area (Å²) in [5, 5.41) is 0. The van der Waals surface area contributed by atoms with E-state index in [0.29, 0.717) is 13.1 Å². The van der Waals surface area contributed by atoms with E-state index in [0.717, 1.165) is 36.2 Å². The standard InChI is InChI=1S/C19H24FN5O/c1-24(2)12-17(26)25-8-4-6-14(11-25)18-16(10-22-19(21)23-18)13-5-3-7-15(20)9-13/h3,5,7,9-10,14H,4,6,8,11-12H2,1-2H3,(H2,21,22,23). The Morgan fingerprint density at radius 1 is 1.42 bits per heavy atom. The molecular formula is C19H24FN5O. The van der Waals surface area contributed by atoms with Gasteiger partial charge in [-0.2, -0.15) is 0 Å². The zero-order chi connectivity index (χ0) is 18.7. The lowest BCUT2D eigenvalue weighted by Gasteiger charge is -2.34. The maximum atomic E-state index is 13.7. The Bertz CT molecular complexity index is 795. The van der Waals surface area contributed by atoms with E-state index in [1.165, 1.54) is 12.1 Å². The number of likely N-dealkylation sites (tertiary alicyclic amines) is 1. The Labute approximate surface area is 152 Å². The predicted molar refractivity (Wildman–Crippen MR) is 98.9 cm³/mol. The fourth-order valence-corrected chi connectivity index (χ4v) is 3.40. The van der Waals surface area contributed by atoms with E-state index in [2.05, 4.69) is 9.97 Å². The second-order valence-corrected chi connectivity index (χ2v) is 6.95. The van der Waals surface area contributed by atoms with Crippen LogP contribution in [-0.2, 0) is 4.79 Å². The summed E-state index contributed by atoms with van der Waals surface area (Å²) in [6.07, 6.45) is 3.45. The molecule has 1 fully saturated rings. The Kier molecular flexibility index (Phi) is 5.46. The molecule has 2 N–H and O–H groups in total. The second-order valence-electron chi connectivity index (χ2n) is 6.95. The van der Waals surface area contributed by atoms with Crippen molar-refractivity contribution >= 4 is 11.9 Å². The molecule has 1 aliphatic rings. The van der Waals surface area contributed by atoms with E-state index in [1.54, 1.807) is 12.3 Å². The first-order valence-electron chi connectivity index (χ1n) is 8.75. The highest BCUT2D eigenvalue weighted by molar-refractivity contribution is 5.78. The van der Waals surface area contributed by atoms with Crippen LogP contribution >= 0.6 is 0 Å². The van der Waals surface area contributed by atoms with Crippen molar-refractivity contribution in [2.45, 2.75) is 18.8 Å². The van der Waals surface area contributed by atoms with Crippen molar-refractivity contribution in [3.05, 3.63) is 42.0 Å². The minimum atomic E-state index is -0.309. The number of amides is 1. The SMILES string of the molecule is CN(C)CC(=O)N1CCCC(c2nc(N)ncc2-c2cccc(F)c2)C1. The zero-order valence-electron chi connectivity index (χ0n) is 15.2. The summed E-state index contributed by atoms with van der Waals surface area (Å²) in [5.74, 6) is 0.0427. The number of rotatable bonds is 4. The van der Waals surface area contributed by atoms with Gasteiger partial charge in [0.15, 0.2) is 0 Å². The van der Waals surface area contributed by atoms with E-state index in [9.17, 15) is 9.18 Å². The largest absolute Gasteiger partial charge is 0.368 e. The van der Waals surface area contributed by atoms with Crippen LogP contribution in [0.4, 0.5) is 10.3 Å². The third-order valence-corrected chi connectivity index (χ3v) is 4.58. The molecule has 0 spiro atoms. The van der Waals surface area contributed by atoms with Gasteiger partial charge in [-0.25, -0.2) is 14.4 Å². The minimum absolute atomic E-state index is 0.0541. The van der Waals surface area contributed by atoms with Gasteiger partial charge in [-0.1, -0.05) is 12.1 Å². The first-order valence-corrected chi connectivity index (χ1v) is 8.75. The number of halogens is 1. The van der Waals surface area contributed by atoms with Crippen molar-refractivity contribution < 1.29 is 9.18 Å². The van der Waals surface area contributed by atoms with Crippen LogP contribution in [-0.4, -0.2) is 59.4 Å². The number of hydrogen-bond donors (Lipinski definition) is 1. The topological polar surface area (TPSA) is 75.4 Å². The zero-order valence-corrected chi connectivity index (χ0v) is 15.2. The minimum Gasteiger partial charge on any atom is -0.368 e. The number of carbonyl (C=O) groups excluding carboxylic acids is 1. The smallest absolute Gasteiger partial charge is 0.236 e. The van der Waals surface area contributed by atoms with Gasteiger partial charge < -0.3 is 15.5 Å². The summed E-state index contributed by atoms with van der Waals surface area (Å²) in [6.45, 7) is 1.72. The molecule has 2 aromatic rings. The molecule has 26 heavy (non-hydrogen) atoms. The molecule has 1 amide bonds. The molecule has 1 aromatic carbocycles. The molecule has 1 aliphatic heterocycles. The number of carbonyl (C=O) groups is 1. The molecule has 7 heteroatoms. The van der Waals surface area contributed by atoms with Crippen molar-refractivity contribution in [1.82, 2.24) is 19.8 Å². The molecule has 3 rings (SSSR count). The van der Waals surface area contributed by atoms with Gasteiger partial charge in [-0.3, -0.25) is 4.79 Å². The number of likely N-dealkylation sites (N-methyl/N-ethyl adjacent to an activating group) is 1. The van der Waals surface area contributed by atoms with Gasteiger partial charge in [-0.15, -0.1) is 0 Å². The van der Waals surface area contributed by atoms with E-state index in [-0.39, 0.29) is 23.6 Å². The fraction of sp³-hybridized carbons (Fsp3) is 0.421. The molecule has 0 aliphatic carbocycles. The van der Waals surface area contributed by atoms with Crippen molar-refractivity contribution in [3.8, 4) is 11.1 Å². The number of anilines is 1. The predicted octanol–water partition coefficient (Wildman–Crippen LogP) is 2.13. The van der Waals surface area contributed by atoms with Crippen molar-refractivity contribution in [3.63, 3.8) is 0 Å². The number of piperidine rings is 1. The van der Waals surface area contributed by atoms with Crippen LogP contribution in [0, 0.1) is 5.82 Å². The normalized spacial score (nSPS) is 17.5. The monoisotopic (exact) mass is 357 g/mol. The molecule has 1 atom stereocenters. The average Bonchev–Trinajstić information content (AvgIpc) is 2.61. The highest BCUT2D eigenvalue weighted by Gasteiger charge is 2.28. The maximum Gasteiger partial charge on any atom is 0.236 e. The van der Waals surface area contributed by atoms with Crippen LogP contribution in [0.2, 0.25) is 0 Å². The molecule has 2 heterocycles. The molecule has 1 saturated heterocycles. The molecule has 0 saturated carbocycles. The maximum absolute atomic E-state index is 13.7. The Morgan fingerprint density at radius 3 is 2.96 bits per heavy atom. The summed E-state index contributed by atoms with van der Waals surface area (Å²) < 4.78 is 13.7. The van der Waals surface area contributed by atoms with Gasteiger partial charge in [0.2, 0.25) is 11.9 Å². The summed E-state index contributed by atoms with van der Waals surface area (Å²) in [5.41, 5.74) is 8.09. The lowest BCUT2D eigenvalue weighted by molar-refractivity contribution is -0.133.